The Morgan fingerprint density at radius 2 is 1.63 bits per heavy atom. The average molecular weight is 479 g/mol. The first kappa shape index (κ1) is 23.4. The fraction of sp³-hybridized carbons (Fsp3) is 0.444. The Kier molecular flexibility index (Phi) is 6.72. The molecule has 4 atom stereocenters. The summed E-state index contributed by atoms with van der Waals surface area (Å²) in [7, 11) is 0. The molecule has 0 bridgehead atoms. The van der Waals surface area contributed by atoms with Crippen molar-refractivity contribution < 1.29 is 29.0 Å². The lowest BCUT2D eigenvalue weighted by molar-refractivity contribution is -0.138. The van der Waals surface area contributed by atoms with Gasteiger partial charge < -0.3 is 25.2 Å². The van der Waals surface area contributed by atoms with E-state index in [0.29, 0.717) is 6.42 Å². The van der Waals surface area contributed by atoms with E-state index in [1.54, 1.807) is 0 Å². The fourth-order valence-corrected chi connectivity index (χ4v) is 5.69. The predicted molar refractivity (Wildman–Crippen MR) is 128 cm³/mol. The number of hydrogen-bond donors (Lipinski definition) is 3. The molecule has 1 saturated heterocycles. The number of rotatable bonds is 7. The Labute approximate surface area is 204 Å². The zero-order valence-electron chi connectivity index (χ0n) is 19.4. The van der Waals surface area contributed by atoms with E-state index in [1.807, 2.05) is 24.3 Å². The second kappa shape index (κ2) is 10.1. The summed E-state index contributed by atoms with van der Waals surface area (Å²) < 4.78 is 11.1. The molecule has 184 valence electrons. The Hall–Kier alpha value is -3.39. The second-order valence-corrected chi connectivity index (χ2v) is 9.70. The summed E-state index contributed by atoms with van der Waals surface area (Å²) in [6.45, 7) is 0.678. The van der Waals surface area contributed by atoms with Gasteiger partial charge in [0.2, 0.25) is 5.91 Å². The number of carbonyl (C=O) groups is 3. The number of nitrogens with one attached hydrogen (secondary N) is 2. The van der Waals surface area contributed by atoms with Gasteiger partial charge in [0.1, 0.15) is 6.61 Å². The minimum absolute atomic E-state index is 0.0341. The van der Waals surface area contributed by atoms with Crippen LogP contribution in [-0.4, -0.2) is 55.0 Å². The van der Waals surface area contributed by atoms with Crippen LogP contribution < -0.4 is 10.6 Å². The van der Waals surface area contributed by atoms with E-state index in [4.69, 9.17) is 14.6 Å². The van der Waals surface area contributed by atoms with E-state index in [0.717, 1.165) is 35.1 Å². The summed E-state index contributed by atoms with van der Waals surface area (Å²) in [6.07, 6.45) is 1.78. The van der Waals surface area contributed by atoms with Gasteiger partial charge in [0, 0.05) is 18.4 Å². The van der Waals surface area contributed by atoms with Crippen molar-refractivity contribution in [2.24, 2.45) is 11.8 Å². The van der Waals surface area contributed by atoms with Crippen molar-refractivity contribution in [3.8, 4) is 11.1 Å². The number of carboxylic acids is 1. The SMILES string of the molecule is O=C(O)CC1CCC(NC(=O)C2COCC2NC(=O)OCC2c3ccccc3-c3ccccc32)C1. The molecule has 2 fully saturated rings. The van der Waals surface area contributed by atoms with E-state index in [9.17, 15) is 14.4 Å². The molecule has 0 aromatic heterocycles. The molecule has 3 aliphatic rings. The number of fused-ring (bicyclic) bond motifs is 3. The quantitative estimate of drug-likeness (QED) is 0.563. The molecular weight excluding hydrogens is 448 g/mol. The molecule has 1 heterocycles. The average Bonchev–Trinajstić information content (AvgIpc) is 3.55. The highest BCUT2D eigenvalue weighted by Crippen LogP contribution is 2.44. The van der Waals surface area contributed by atoms with Crippen LogP contribution in [0.15, 0.2) is 48.5 Å². The van der Waals surface area contributed by atoms with Crippen molar-refractivity contribution in [1.29, 1.82) is 0 Å². The summed E-state index contributed by atoms with van der Waals surface area (Å²) in [4.78, 5) is 36.5. The number of hydrogen-bond acceptors (Lipinski definition) is 5. The van der Waals surface area contributed by atoms with Gasteiger partial charge >= 0.3 is 12.1 Å². The van der Waals surface area contributed by atoms with Crippen molar-refractivity contribution >= 4 is 18.0 Å². The van der Waals surface area contributed by atoms with Crippen LogP contribution in [0, 0.1) is 11.8 Å². The molecule has 1 aliphatic heterocycles. The molecule has 0 radical (unpaired) electrons. The number of carbonyl (C=O) groups excluding carboxylic acids is 2. The first-order valence-corrected chi connectivity index (χ1v) is 12.2. The van der Waals surface area contributed by atoms with Crippen LogP contribution in [0.5, 0.6) is 0 Å². The van der Waals surface area contributed by atoms with Crippen LogP contribution >= 0.6 is 0 Å². The molecule has 2 aromatic carbocycles. The third kappa shape index (κ3) is 5.03. The van der Waals surface area contributed by atoms with Gasteiger partial charge in [0.15, 0.2) is 0 Å². The van der Waals surface area contributed by atoms with Crippen LogP contribution in [0.2, 0.25) is 0 Å². The summed E-state index contributed by atoms with van der Waals surface area (Å²) in [5, 5.41) is 14.8. The normalized spacial score (nSPS) is 25.0. The minimum atomic E-state index is -0.807. The number of ether oxygens (including phenoxy) is 2. The summed E-state index contributed by atoms with van der Waals surface area (Å²) in [5.74, 6) is -1.43. The van der Waals surface area contributed by atoms with Crippen LogP contribution in [0.1, 0.15) is 42.7 Å². The van der Waals surface area contributed by atoms with Gasteiger partial charge in [-0.15, -0.1) is 0 Å². The molecule has 8 nitrogen and oxygen atoms in total. The van der Waals surface area contributed by atoms with Crippen LogP contribution in [0.4, 0.5) is 4.79 Å². The molecule has 8 heteroatoms. The highest BCUT2D eigenvalue weighted by molar-refractivity contribution is 5.81. The molecule has 0 spiro atoms. The molecular formula is C27H30N2O6. The topological polar surface area (TPSA) is 114 Å². The minimum Gasteiger partial charge on any atom is -0.481 e. The fourth-order valence-electron chi connectivity index (χ4n) is 5.69. The molecule has 4 unspecified atom stereocenters. The standard InChI is InChI=1S/C27H30N2O6/c30-25(31)12-16-9-10-17(11-16)28-26(32)23-13-34-15-24(23)29-27(33)35-14-22-20-7-3-1-5-18(20)19-6-2-4-8-21(19)22/h1-8,16-17,22-24H,9-15H2,(H,28,32)(H,29,33)(H,30,31). The second-order valence-electron chi connectivity index (χ2n) is 9.70. The molecule has 2 aromatic rings. The monoisotopic (exact) mass is 478 g/mol. The number of aliphatic carboxylic acids is 1. The molecule has 3 N–H and O–H groups in total. The Balaban J connectivity index is 1.15. The van der Waals surface area contributed by atoms with Crippen molar-refractivity contribution in [2.75, 3.05) is 19.8 Å². The molecule has 2 aliphatic carbocycles. The molecule has 35 heavy (non-hydrogen) atoms. The third-order valence-electron chi connectivity index (χ3n) is 7.42. The van der Waals surface area contributed by atoms with Crippen molar-refractivity contribution in [1.82, 2.24) is 10.6 Å². The maximum Gasteiger partial charge on any atom is 0.407 e. The summed E-state index contributed by atoms with van der Waals surface area (Å²) in [6, 6.07) is 15.8. The first-order valence-electron chi connectivity index (χ1n) is 12.2. The van der Waals surface area contributed by atoms with Gasteiger partial charge in [-0.3, -0.25) is 9.59 Å². The van der Waals surface area contributed by atoms with Crippen LogP contribution in [0.25, 0.3) is 11.1 Å². The lowest BCUT2D eigenvalue weighted by atomic mass is 9.98. The van der Waals surface area contributed by atoms with Crippen LogP contribution in [-0.2, 0) is 19.1 Å². The molecule has 5 rings (SSSR count). The largest absolute Gasteiger partial charge is 0.481 e. The molecule has 2 amide bonds. The van der Waals surface area contributed by atoms with Crippen molar-refractivity contribution in [2.45, 2.75) is 43.7 Å². The lowest BCUT2D eigenvalue weighted by Gasteiger charge is -2.21. The van der Waals surface area contributed by atoms with E-state index in [2.05, 4.69) is 34.9 Å². The van der Waals surface area contributed by atoms with Gasteiger partial charge in [-0.25, -0.2) is 4.79 Å². The van der Waals surface area contributed by atoms with Gasteiger partial charge in [-0.1, -0.05) is 48.5 Å². The number of amides is 2. The highest BCUT2D eigenvalue weighted by Gasteiger charge is 2.38. The van der Waals surface area contributed by atoms with Crippen molar-refractivity contribution in [3.05, 3.63) is 59.7 Å². The number of carboxylic acid groups (broad SMARTS) is 1. The lowest BCUT2D eigenvalue weighted by Crippen LogP contribution is -2.48. The molecule has 1 saturated carbocycles. The highest BCUT2D eigenvalue weighted by atomic mass is 16.5. The zero-order valence-corrected chi connectivity index (χ0v) is 19.4. The smallest absolute Gasteiger partial charge is 0.407 e. The van der Waals surface area contributed by atoms with E-state index in [1.165, 1.54) is 0 Å². The van der Waals surface area contributed by atoms with E-state index in [-0.39, 0.29) is 50.0 Å². The van der Waals surface area contributed by atoms with Crippen LogP contribution in [0.3, 0.4) is 0 Å². The maximum atomic E-state index is 12.9. The van der Waals surface area contributed by atoms with Gasteiger partial charge in [-0.2, -0.15) is 0 Å². The Bertz CT molecular complexity index is 1070. The third-order valence-corrected chi connectivity index (χ3v) is 7.42. The summed E-state index contributed by atoms with van der Waals surface area (Å²) >= 11 is 0. The van der Waals surface area contributed by atoms with Gasteiger partial charge in [0.25, 0.3) is 0 Å². The Morgan fingerprint density at radius 1 is 0.943 bits per heavy atom. The Morgan fingerprint density at radius 3 is 2.31 bits per heavy atom. The zero-order chi connectivity index (χ0) is 24.4. The van der Waals surface area contributed by atoms with Gasteiger partial charge in [0.05, 0.1) is 25.2 Å². The predicted octanol–water partition coefficient (Wildman–Crippen LogP) is 3.30. The van der Waals surface area contributed by atoms with Crippen molar-refractivity contribution in [3.63, 3.8) is 0 Å². The number of alkyl carbamates (subject to hydrolysis) is 1. The van der Waals surface area contributed by atoms with E-state index < -0.39 is 24.0 Å². The number of benzene rings is 2. The maximum absolute atomic E-state index is 12.9. The van der Waals surface area contributed by atoms with E-state index >= 15 is 0 Å². The summed E-state index contributed by atoms with van der Waals surface area (Å²) in [5.41, 5.74) is 4.60. The van der Waals surface area contributed by atoms with Gasteiger partial charge in [-0.05, 0) is 47.4 Å². The first-order chi connectivity index (χ1) is 17.0.